The van der Waals surface area contributed by atoms with E-state index in [-0.39, 0.29) is 0 Å². The van der Waals surface area contributed by atoms with Gasteiger partial charge in [-0.05, 0) is 43.9 Å². The first-order valence-electron chi connectivity index (χ1n) is 7.52. The van der Waals surface area contributed by atoms with E-state index in [9.17, 15) is 0 Å². The molecule has 19 heavy (non-hydrogen) atoms. The Kier molecular flexibility index (Phi) is 3.92. The monoisotopic (exact) mass is 260 g/mol. The third-order valence-electron chi connectivity index (χ3n) is 4.44. The van der Waals surface area contributed by atoms with E-state index in [1.165, 1.54) is 50.0 Å². The van der Waals surface area contributed by atoms with Crippen LogP contribution in [0.2, 0.25) is 0 Å². The summed E-state index contributed by atoms with van der Waals surface area (Å²) in [6.45, 7) is 4.59. The molecule has 0 aromatic heterocycles. The van der Waals surface area contributed by atoms with E-state index < -0.39 is 0 Å². The van der Waals surface area contributed by atoms with Crippen LogP contribution in [-0.4, -0.2) is 33.3 Å². The standard InChI is InChI=1S/C16H24N2O/c1-19-16-11-14(18-9-3-2-4-10-18)5-6-15(16)13-7-8-17-12-13/h5-6,11,13,17H,2-4,7-10,12H2,1H3. The van der Waals surface area contributed by atoms with Gasteiger partial charge in [-0.1, -0.05) is 6.07 Å². The smallest absolute Gasteiger partial charge is 0.124 e. The molecule has 1 unspecified atom stereocenters. The van der Waals surface area contributed by atoms with Crippen LogP contribution in [-0.2, 0) is 0 Å². The van der Waals surface area contributed by atoms with Crippen molar-refractivity contribution in [2.45, 2.75) is 31.6 Å². The molecule has 2 aliphatic heterocycles. The molecule has 1 atom stereocenters. The highest BCUT2D eigenvalue weighted by atomic mass is 16.5. The Labute approximate surface area is 115 Å². The number of anilines is 1. The van der Waals surface area contributed by atoms with E-state index in [4.69, 9.17) is 4.74 Å². The third-order valence-corrected chi connectivity index (χ3v) is 4.44. The number of piperidine rings is 1. The van der Waals surface area contributed by atoms with E-state index in [2.05, 4.69) is 28.4 Å². The van der Waals surface area contributed by atoms with Crippen LogP contribution in [0.4, 0.5) is 5.69 Å². The molecule has 3 heteroatoms. The molecule has 0 spiro atoms. The quantitative estimate of drug-likeness (QED) is 0.904. The SMILES string of the molecule is COc1cc(N2CCCCC2)ccc1C1CCNC1. The summed E-state index contributed by atoms with van der Waals surface area (Å²) >= 11 is 0. The average molecular weight is 260 g/mol. The highest BCUT2D eigenvalue weighted by molar-refractivity contribution is 5.55. The molecule has 1 N–H and O–H groups in total. The summed E-state index contributed by atoms with van der Waals surface area (Å²) in [7, 11) is 1.79. The molecule has 2 saturated heterocycles. The fourth-order valence-electron chi connectivity index (χ4n) is 3.31. The number of ether oxygens (including phenoxy) is 1. The normalized spacial score (nSPS) is 23.6. The number of nitrogens with one attached hydrogen (secondary N) is 1. The second-order valence-corrected chi connectivity index (χ2v) is 5.66. The summed E-state index contributed by atoms with van der Waals surface area (Å²) in [4.78, 5) is 2.49. The number of nitrogens with zero attached hydrogens (tertiary/aromatic N) is 1. The molecule has 0 amide bonds. The van der Waals surface area contributed by atoms with Crippen molar-refractivity contribution in [2.75, 3.05) is 38.2 Å². The van der Waals surface area contributed by atoms with Gasteiger partial charge in [-0.2, -0.15) is 0 Å². The second kappa shape index (κ2) is 5.83. The van der Waals surface area contributed by atoms with Crippen molar-refractivity contribution in [1.82, 2.24) is 5.32 Å². The zero-order chi connectivity index (χ0) is 13.1. The van der Waals surface area contributed by atoms with Crippen LogP contribution < -0.4 is 15.0 Å². The van der Waals surface area contributed by atoms with Gasteiger partial charge >= 0.3 is 0 Å². The highest BCUT2D eigenvalue weighted by Crippen LogP contribution is 2.34. The summed E-state index contributed by atoms with van der Waals surface area (Å²) < 4.78 is 5.63. The first-order chi connectivity index (χ1) is 9.38. The van der Waals surface area contributed by atoms with E-state index in [0.717, 1.165) is 18.8 Å². The zero-order valence-electron chi connectivity index (χ0n) is 11.8. The lowest BCUT2D eigenvalue weighted by atomic mass is 9.96. The second-order valence-electron chi connectivity index (χ2n) is 5.66. The molecule has 2 fully saturated rings. The minimum atomic E-state index is 0.616. The lowest BCUT2D eigenvalue weighted by Crippen LogP contribution is -2.29. The number of methoxy groups -OCH3 is 1. The van der Waals surface area contributed by atoms with Crippen molar-refractivity contribution >= 4 is 5.69 Å². The summed E-state index contributed by atoms with van der Waals surface area (Å²) in [6.07, 6.45) is 5.23. The van der Waals surface area contributed by atoms with Crippen molar-refractivity contribution in [2.24, 2.45) is 0 Å². The Bertz CT molecular complexity index is 421. The van der Waals surface area contributed by atoms with E-state index in [0.29, 0.717) is 5.92 Å². The third kappa shape index (κ3) is 2.71. The Morgan fingerprint density at radius 3 is 2.74 bits per heavy atom. The van der Waals surface area contributed by atoms with Crippen LogP contribution in [0.5, 0.6) is 5.75 Å². The van der Waals surface area contributed by atoms with Crippen molar-refractivity contribution < 1.29 is 4.74 Å². The Morgan fingerprint density at radius 1 is 1.21 bits per heavy atom. The van der Waals surface area contributed by atoms with Gasteiger partial charge in [0.2, 0.25) is 0 Å². The molecule has 0 radical (unpaired) electrons. The molecule has 0 aliphatic carbocycles. The van der Waals surface area contributed by atoms with Gasteiger partial charge in [0, 0.05) is 37.3 Å². The van der Waals surface area contributed by atoms with E-state index >= 15 is 0 Å². The number of benzene rings is 1. The Morgan fingerprint density at radius 2 is 2.05 bits per heavy atom. The minimum Gasteiger partial charge on any atom is -0.496 e. The predicted molar refractivity (Wildman–Crippen MR) is 79.3 cm³/mol. The van der Waals surface area contributed by atoms with E-state index in [1.807, 2.05) is 0 Å². The highest BCUT2D eigenvalue weighted by Gasteiger charge is 2.21. The molecule has 104 valence electrons. The number of rotatable bonds is 3. The topological polar surface area (TPSA) is 24.5 Å². The van der Waals surface area contributed by atoms with Crippen LogP contribution in [0.25, 0.3) is 0 Å². The van der Waals surface area contributed by atoms with Crippen LogP contribution in [0.1, 0.15) is 37.2 Å². The van der Waals surface area contributed by atoms with Gasteiger partial charge in [0.25, 0.3) is 0 Å². The average Bonchev–Trinajstić information content (AvgIpc) is 3.01. The van der Waals surface area contributed by atoms with Gasteiger partial charge in [0.05, 0.1) is 7.11 Å². The minimum absolute atomic E-state index is 0.616. The van der Waals surface area contributed by atoms with E-state index in [1.54, 1.807) is 7.11 Å². The van der Waals surface area contributed by atoms with Gasteiger partial charge < -0.3 is 15.0 Å². The van der Waals surface area contributed by atoms with Gasteiger partial charge in [0.1, 0.15) is 5.75 Å². The molecular formula is C16H24N2O. The first-order valence-corrected chi connectivity index (χ1v) is 7.52. The molecular weight excluding hydrogens is 236 g/mol. The Hall–Kier alpha value is -1.22. The van der Waals surface area contributed by atoms with Crippen molar-refractivity contribution in [3.05, 3.63) is 23.8 Å². The van der Waals surface area contributed by atoms with Crippen LogP contribution >= 0.6 is 0 Å². The van der Waals surface area contributed by atoms with Gasteiger partial charge in [-0.15, -0.1) is 0 Å². The fourth-order valence-corrected chi connectivity index (χ4v) is 3.31. The van der Waals surface area contributed by atoms with Crippen LogP contribution in [0.15, 0.2) is 18.2 Å². The van der Waals surface area contributed by atoms with Crippen molar-refractivity contribution in [1.29, 1.82) is 0 Å². The molecule has 2 aliphatic rings. The maximum absolute atomic E-state index is 5.63. The van der Waals surface area contributed by atoms with Crippen molar-refractivity contribution in [3.8, 4) is 5.75 Å². The molecule has 1 aromatic carbocycles. The molecule has 0 bridgehead atoms. The molecule has 3 rings (SSSR count). The summed E-state index contributed by atoms with van der Waals surface area (Å²) in [6, 6.07) is 6.79. The fraction of sp³-hybridized carbons (Fsp3) is 0.625. The number of hydrogen-bond donors (Lipinski definition) is 1. The van der Waals surface area contributed by atoms with Crippen LogP contribution in [0, 0.1) is 0 Å². The van der Waals surface area contributed by atoms with Crippen molar-refractivity contribution in [3.63, 3.8) is 0 Å². The Balaban J connectivity index is 1.83. The lowest BCUT2D eigenvalue weighted by Gasteiger charge is -2.29. The maximum atomic E-state index is 5.63. The van der Waals surface area contributed by atoms with Gasteiger partial charge in [0.15, 0.2) is 0 Å². The molecule has 2 heterocycles. The largest absolute Gasteiger partial charge is 0.496 e. The zero-order valence-corrected chi connectivity index (χ0v) is 11.8. The summed E-state index contributed by atoms with van der Waals surface area (Å²) in [5, 5.41) is 3.43. The lowest BCUT2D eigenvalue weighted by molar-refractivity contribution is 0.406. The first kappa shape index (κ1) is 12.8. The van der Waals surface area contributed by atoms with Crippen LogP contribution in [0.3, 0.4) is 0 Å². The predicted octanol–water partition coefficient (Wildman–Crippen LogP) is 2.76. The van der Waals surface area contributed by atoms with Gasteiger partial charge in [-0.25, -0.2) is 0 Å². The number of hydrogen-bond acceptors (Lipinski definition) is 3. The van der Waals surface area contributed by atoms with Gasteiger partial charge in [-0.3, -0.25) is 0 Å². The molecule has 1 aromatic rings. The maximum Gasteiger partial charge on any atom is 0.124 e. The summed E-state index contributed by atoms with van der Waals surface area (Å²) in [5.74, 6) is 1.68. The molecule has 3 nitrogen and oxygen atoms in total. The summed E-state index contributed by atoms with van der Waals surface area (Å²) in [5.41, 5.74) is 2.69. The molecule has 0 saturated carbocycles.